The Balaban J connectivity index is 1.66. The lowest BCUT2D eigenvalue weighted by Crippen LogP contribution is -2.47. The van der Waals surface area contributed by atoms with Crippen LogP contribution < -0.4 is 4.90 Å². The van der Waals surface area contributed by atoms with Gasteiger partial charge in [0.05, 0.1) is 17.6 Å². The maximum absolute atomic E-state index is 9.16. The van der Waals surface area contributed by atoms with Gasteiger partial charge in [-0.1, -0.05) is 48.5 Å². The van der Waals surface area contributed by atoms with Crippen molar-refractivity contribution < 1.29 is 5.11 Å². The number of anilines is 1. The van der Waals surface area contributed by atoms with E-state index in [9.17, 15) is 0 Å². The van der Waals surface area contributed by atoms with Crippen LogP contribution in [0.15, 0.2) is 54.6 Å². The van der Waals surface area contributed by atoms with E-state index in [4.69, 9.17) is 15.1 Å². The molecule has 0 radical (unpaired) electrons. The van der Waals surface area contributed by atoms with Crippen molar-refractivity contribution in [3.8, 4) is 0 Å². The van der Waals surface area contributed by atoms with E-state index in [1.807, 2.05) is 42.5 Å². The summed E-state index contributed by atoms with van der Waals surface area (Å²) in [5, 5.41) is 9.16. The van der Waals surface area contributed by atoms with E-state index in [0.29, 0.717) is 0 Å². The SMILES string of the molecule is OCCN1CCN(c2nc3ccccc3nc2/C=C/c2ccccc2)CC1. The Bertz CT molecular complexity index is 918. The molecule has 0 atom stereocenters. The molecule has 0 spiro atoms. The maximum atomic E-state index is 9.16. The highest BCUT2D eigenvalue weighted by Gasteiger charge is 2.20. The number of aliphatic hydroxyl groups is 1. The molecule has 1 saturated heterocycles. The molecule has 0 saturated carbocycles. The highest BCUT2D eigenvalue weighted by atomic mass is 16.3. The number of β-amino-alcohol motifs (C(OH)–C–C–N with tert-alkyl or cyclic N) is 1. The predicted octanol–water partition coefficient (Wildman–Crippen LogP) is 2.91. The third-order valence-electron chi connectivity index (χ3n) is 4.90. The van der Waals surface area contributed by atoms with E-state index in [2.05, 4.69) is 34.1 Å². The standard InChI is InChI=1S/C22H24N4O/c27-17-16-25-12-14-26(15-13-25)22-21(11-10-18-6-2-1-3-7-18)23-19-8-4-5-9-20(19)24-22/h1-11,27H,12-17H2/b11-10+. The molecular weight excluding hydrogens is 336 g/mol. The number of hydrogen-bond acceptors (Lipinski definition) is 5. The Labute approximate surface area is 159 Å². The summed E-state index contributed by atoms with van der Waals surface area (Å²) >= 11 is 0. The van der Waals surface area contributed by atoms with Gasteiger partial charge in [0.1, 0.15) is 5.69 Å². The number of hydrogen-bond donors (Lipinski definition) is 1. The number of aromatic nitrogens is 2. The van der Waals surface area contributed by atoms with Crippen molar-refractivity contribution in [1.29, 1.82) is 0 Å². The van der Waals surface area contributed by atoms with Gasteiger partial charge >= 0.3 is 0 Å². The molecule has 0 unspecified atom stereocenters. The predicted molar refractivity (Wildman–Crippen MR) is 111 cm³/mol. The van der Waals surface area contributed by atoms with Gasteiger partial charge in [0, 0.05) is 32.7 Å². The minimum absolute atomic E-state index is 0.209. The molecule has 0 bridgehead atoms. The Morgan fingerprint density at radius 1 is 0.815 bits per heavy atom. The Kier molecular flexibility index (Phi) is 5.42. The first-order chi connectivity index (χ1) is 13.3. The largest absolute Gasteiger partial charge is 0.395 e. The van der Waals surface area contributed by atoms with Gasteiger partial charge in [0.15, 0.2) is 5.82 Å². The summed E-state index contributed by atoms with van der Waals surface area (Å²) in [6.07, 6.45) is 4.15. The Morgan fingerprint density at radius 2 is 1.48 bits per heavy atom. The van der Waals surface area contributed by atoms with Gasteiger partial charge in [-0.15, -0.1) is 0 Å². The smallest absolute Gasteiger partial charge is 0.155 e. The summed E-state index contributed by atoms with van der Waals surface area (Å²) < 4.78 is 0. The third-order valence-corrected chi connectivity index (χ3v) is 4.90. The summed E-state index contributed by atoms with van der Waals surface area (Å²) in [5.41, 5.74) is 3.87. The minimum atomic E-state index is 0.209. The number of benzene rings is 2. The van der Waals surface area contributed by atoms with Crippen molar-refractivity contribution in [3.05, 3.63) is 65.9 Å². The molecule has 2 aromatic carbocycles. The molecule has 1 aliphatic rings. The Hall–Kier alpha value is -2.76. The van der Waals surface area contributed by atoms with Crippen LogP contribution in [-0.2, 0) is 0 Å². The first-order valence-corrected chi connectivity index (χ1v) is 9.41. The summed E-state index contributed by atoms with van der Waals surface area (Å²) in [5.74, 6) is 0.935. The number of nitrogens with zero attached hydrogens (tertiary/aromatic N) is 4. The summed E-state index contributed by atoms with van der Waals surface area (Å²) in [6.45, 7) is 4.57. The number of para-hydroxylation sites is 2. The zero-order valence-corrected chi connectivity index (χ0v) is 15.3. The normalized spacial score (nSPS) is 15.7. The summed E-state index contributed by atoms with van der Waals surface area (Å²) in [4.78, 5) is 14.4. The van der Waals surface area contributed by atoms with Crippen molar-refractivity contribution in [2.75, 3.05) is 44.2 Å². The van der Waals surface area contributed by atoms with Crippen molar-refractivity contribution in [2.24, 2.45) is 0 Å². The number of aliphatic hydroxyl groups excluding tert-OH is 1. The van der Waals surface area contributed by atoms with Crippen LogP contribution in [0.5, 0.6) is 0 Å². The van der Waals surface area contributed by atoms with E-state index in [-0.39, 0.29) is 6.61 Å². The molecule has 2 heterocycles. The van der Waals surface area contributed by atoms with Crippen molar-refractivity contribution >= 4 is 29.0 Å². The molecule has 1 aromatic heterocycles. The van der Waals surface area contributed by atoms with E-state index in [0.717, 1.165) is 60.8 Å². The topological polar surface area (TPSA) is 52.5 Å². The van der Waals surface area contributed by atoms with Crippen LogP contribution in [0.3, 0.4) is 0 Å². The second-order valence-corrected chi connectivity index (χ2v) is 6.72. The van der Waals surface area contributed by atoms with Crippen LogP contribution in [0.1, 0.15) is 11.3 Å². The zero-order chi connectivity index (χ0) is 18.5. The van der Waals surface area contributed by atoms with Gasteiger partial charge in [-0.25, -0.2) is 9.97 Å². The highest BCUT2D eigenvalue weighted by molar-refractivity contribution is 5.82. The first-order valence-electron chi connectivity index (χ1n) is 9.41. The molecule has 4 rings (SSSR count). The van der Waals surface area contributed by atoms with Crippen LogP contribution in [-0.4, -0.2) is 59.3 Å². The summed E-state index contributed by atoms with van der Waals surface area (Å²) in [6, 6.07) is 18.3. The van der Waals surface area contributed by atoms with Gasteiger partial charge < -0.3 is 10.0 Å². The molecule has 1 aliphatic heterocycles. The summed E-state index contributed by atoms with van der Waals surface area (Å²) in [7, 11) is 0. The zero-order valence-electron chi connectivity index (χ0n) is 15.3. The average molecular weight is 360 g/mol. The molecule has 5 heteroatoms. The molecule has 138 valence electrons. The lowest BCUT2D eigenvalue weighted by Gasteiger charge is -2.35. The third kappa shape index (κ3) is 4.15. The van der Waals surface area contributed by atoms with E-state index < -0.39 is 0 Å². The number of fused-ring (bicyclic) bond motifs is 1. The van der Waals surface area contributed by atoms with E-state index >= 15 is 0 Å². The lowest BCUT2D eigenvalue weighted by molar-refractivity contribution is 0.188. The average Bonchev–Trinajstić information content (AvgIpc) is 2.73. The quantitative estimate of drug-likeness (QED) is 0.758. The van der Waals surface area contributed by atoms with Crippen molar-refractivity contribution in [2.45, 2.75) is 0 Å². The van der Waals surface area contributed by atoms with Crippen molar-refractivity contribution in [1.82, 2.24) is 14.9 Å². The van der Waals surface area contributed by atoms with Gasteiger partial charge in [-0.3, -0.25) is 4.90 Å². The van der Waals surface area contributed by atoms with E-state index in [1.54, 1.807) is 0 Å². The fraction of sp³-hybridized carbons (Fsp3) is 0.273. The van der Waals surface area contributed by atoms with E-state index in [1.165, 1.54) is 0 Å². The van der Waals surface area contributed by atoms with Crippen LogP contribution in [0, 0.1) is 0 Å². The van der Waals surface area contributed by atoms with Gasteiger partial charge in [0.25, 0.3) is 0 Å². The molecule has 1 fully saturated rings. The van der Waals surface area contributed by atoms with Crippen LogP contribution >= 0.6 is 0 Å². The molecule has 0 amide bonds. The molecule has 3 aromatic rings. The minimum Gasteiger partial charge on any atom is -0.395 e. The Morgan fingerprint density at radius 3 is 2.19 bits per heavy atom. The number of piperazine rings is 1. The molecular formula is C22H24N4O. The fourth-order valence-corrected chi connectivity index (χ4v) is 3.41. The van der Waals surface area contributed by atoms with Gasteiger partial charge in [0.2, 0.25) is 0 Å². The molecule has 27 heavy (non-hydrogen) atoms. The van der Waals surface area contributed by atoms with Crippen LogP contribution in [0.4, 0.5) is 5.82 Å². The monoisotopic (exact) mass is 360 g/mol. The molecule has 1 N–H and O–H groups in total. The first kappa shape index (κ1) is 17.6. The van der Waals surface area contributed by atoms with Crippen LogP contribution in [0.2, 0.25) is 0 Å². The maximum Gasteiger partial charge on any atom is 0.155 e. The van der Waals surface area contributed by atoms with Crippen LogP contribution in [0.25, 0.3) is 23.2 Å². The lowest BCUT2D eigenvalue weighted by atomic mass is 10.2. The van der Waals surface area contributed by atoms with Gasteiger partial charge in [-0.05, 0) is 23.8 Å². The van der Waals surface area contributed by atoms with Gasteiger partial charge in [-0.2, -0.15) is 0 Å². The fourth-order valence-electron chi connectivity index (χ4n) is 3.41. The second kappa shape index (κ2) is 8.29. The van der Waals surface area contributed by atoms with Crippen molar-refractivity contribution in [3.63, 3.8) is 0 Å². The highest BCUT2D eigenvalue weighted by Crippen LogP contribution is 2.24. The number of rotatable bonds is 5. The second-order valence-electron chi connectivity index (χ2n) is 6.72. The molecule has 5 nitrogen and oxygen atoms in total. The molecule has 0 aliphatic carbocycles.